The molecule has 0 radical (unpaired) electrons. The van der Waals surface area contributed by atoms with Crippen LogP contribution >= 0.6 is 23.2 Å². The highest BCUT2D eigenvalue weighted by Crippen LogP contribution is 2.69. The number of aromatic amines is 1. The van der Waals surface area contributed by atoms with Gasteiger partial charge in [-0.25, -0.2) is 23.0 Å². The number of H-pyrrole nitrogens is 1. The van der Waals surface area contributed by atoms with E-state index in [9.17, 15) is 37.9 Å². The summed E-state index contributed by atoms with van der Waals surface area (Å²) in [6.45, 7) is 4.86. The quantitative estimate of drug-likeness (QED) is 0.0175. The van der Waals surface area contributed by atoms with Gasteiger partial charge < -0.3 is 40.8 Å². The van der Waals surface area contributed by atoms with Crippen molar-refractivity contribution in [2.45, 2.75) is 130 Å². The molecular formula is C36H63N4O15P3. The van der Waals surface area contributed by atoms with Gasteiger partial charge in [-0.05, 0) is 43.5 Å². The molecule has 58 heavy (non-hydrogen) atoms. The van der Waals surface area contributed by atoms with Gasteiger partial charge in [0, 0.05) is 11.8 Å². The maximum Gasteiger partial charge on any atom is 0.513 e. The Morgan fingerprint density at radius 3 is 1.98 bits per heavy atom. The Balaban J connectivity index is 0.00000841. The summed E-state index contributed by atoms with van der Waals surface area (Å²) in [4.78, 5) is 58.7. The number of carbonyl (C=O) groups is 1. The molecule has 0 saturated heterocycles. The molecule has 9 N–H and O–H groups in total. The molecule has 332 valence electrons. The highest BCUT2D eigenvalue weighted by atomic mass is 31.3. The Labute approximate surface area is 340 Å². The predicted molar refractivity (Wildman–Crippen MR) is 219 cm³/mol. The number of ether oxygens (including phenoxy) is 3. The van der Waals surface area contributed by atoms with Crippen LogP contribution in [-0.4, -0.2) is 51.0 Å². The van der Waals surface area contributed by atoms with E-state index in [1.807, 2.05) is 6.92 Å². The van der Waals surface area contributed by atoms with E-state index in [1.54, 1.807) is 0 Å². The number of aromatic nitrogens is 2. The van der Waals surface area contributed by atoms with Crippen LogP contribution in [0.25, 0.3) is 0 Å². The monoisotopic (exact) mass is 884 g/mol. The van der Waals surface area contributed by atoms with E-state index in [4.69, 9.17) is 27.6 Å². The number of hydrogen-bond donors (Lipinski definition) is 5. The second-order valence-corrected chi connectivity index (χ2v) is 18.9. The van der Waals surface area contributed by atoms with Crippen molar-refractivity contribution in [3.05, 3.63) is 74.6 Å². The molecular weight excluding hydrogens is 821 g/mol. The molecule has 3 rings (SSSR count). The fourth-order valence-electron chi connectivity index (χ4n) is 5.54. The predicted octanol–water partition coefficient (Wildman–Crippen LogP) is 9.30. The smallest absolute Gasteiger partial charge is 0.434 e. The Bertz CT molecular complexity index is 1810. The molecule has 1 aliphatic heterocycles. The van der Waals surface area contributed by atoms with Gasteiger partial charge in [0.2, 0.25) is 0 Å². The van der Waals surface area contributed by atoms with Crippen molar-refractivity contribution in [2.75, 3.05) is 19.4 Å². The number of unbranched alkanes of at least 4 members (excludes halogenated alkanes) is 12. The summed E-state index contributed by atoms with van der Waals surface area (Å²) >= 11 is 0. The fraction of sp³-hybridized carbons (Fsp3) is 0.639. The van der Waals surface area contributed by atoms with Crippen LogP contribution in [0, 0.1) is 6.92 Å². The lowest BCUT2D eigenvalue weighted by molar-refractivity contribution is -0.0104. The number of phosphoric acid groups is 2. The summed E-state index contributed by atoms with van der Waals surface area (Å²) in [5.74, 6) is 0.188. The summed E-state index contributed by atoms with van der Waals surface area (Å²) in [5.41, 5.74) is -0.611. The van der Waals surface area contributed by atoms with Crippen LogP contribution in [0.15, 0.2) is 52.2 Å². The molecule has 0 saturated carbocycles. The molecule has 0 fully saturated rings. The van der Waals surface area contributed by atoms with Crippen molar-refractivity contribution in [1.29, 1.82) is 0 Å². The third kappa shape index (κ3) is 20.5. The van der Waals surface area contributed by atoms with E-state index in [-0.39, 0.29) is 43.0 Å². The van der Waals surface area contributed by atoms with Crippen LogP contribution in [0.1, 0.15) is 121 Å². The maximum absolute atomic E-state index is 13.9. The molecule has 2 heterocycles. The second-order valence-electron chi connectivity index (χ2n) is 13.5. The van der Waals surface area contributed by atoms with Gasteiger partial charge in [0.05, 0.1) is 26.0 Å². The number of hydrogen-bond acceptors (Lipinski definition) is 15. The molecule has 0 aliphatic carbocycles. The van der Waals surface area contributed by atoms with Crippen molar-refractivity contribution in [3.8, 4) is 5.75 Å². The molecule has 0 bridgehead atoms. The van der Waals surface area contributed by atoms with E-state index in [0.29, 0.717) is 24.8 Å². The summed E-state index contributed by atoms with van der Waals surface area (Å²) in [7, 11) is -15.3. The average molecular weight is 885 g/mol. The number of rotatable bonds is 28. The standard InChI is InChI=1S/C36H57N2O15P3.2H3N/c1-4-6-8-9-10-11-12-13-14-15-16-17-25-54(42,48-27-30-18-20-31(21-19-30)51-36(41)47-24-7-5-2)52-56(45,46)53-55(43,44)49-28-32-22-23-33(50-32)38-26-29(3)34(39)37-35(38)40;;/h18-23,26,32-33H,4-17,24-25,27-28H2,1-3H3,(H,43,44)(H,45,46)(H,37,39,40);2*1H3/t32-,33+,54?;;/m0../s1. The van der Waals surface area contributed by atoms with Gasteiger partial charge >= 0.3 is 35.1 Å². The first-order valence-electron chi connectivity index (χ1n) is 19.2. The van der Waals surface area contributed by atoms with Gasteiger partial charge in [-0.2, -0.15) is 4.31 Å². The van der Waals surface area contributed by atoms with E-state index in [2.05, 4.69) is 16.2 Å². The Kier molecular flexibility index (Phi) is 24.9. The molecule has 1 aromatic carbocycles. The topological polar surface area (TPSA) is 298 Å². The molecule has 5 atom stereocenters. The number of phosphoric ester groups is 1. The van der Waals surface area contributed by atoms with Crippen LogP contribution < -0.4 is 28.3 Å². The summed E-state index contributed by atoms with van der Waals surface area (Å²) < 4.78 is 76.4. The Hall–Kier alpha value is -2.76. The zero-order valence-corrected chi connectivity index (χ0v) is 36.5. The number of aryl methyl sites for hydroxylation is 1. The fourth-order valence-corrected chi connectivity index (χ4v) is 10.4. The second kappa shape index (κ2) is 27.2. The lowest BCUT2D eigenvalue weighted by Crippen LogP contribution is -2.33. The highest BCUT2D eigenvalue weighted by molar-refractivity contribution is 7.68. The summed E-state index contributed by atoms with van der Waals surface area (Å²) in [6.07, 6.45) is 14.9. The minimum Gasteiger partial charge on any atom is -0.434 e. The van der Waals surface area contributed by atoms with Crippen LogP contribution in [-0.2, 0) is 47.4 Å². The number of carbonyl (C=O) groups excluding carboxylic acids is 1. The van der Waals surface area contributed by atoms with E-state index in [1.165, 1.54) is 88.1 Å². The van der Waals surface area contributed by atoms with Gasteiger partial charge in [-0.3, -0.25) is 23.4 Å². The van der Waals surface area contributed by atoms with E-state index >= 15 is 0 Å². The van der Waals surface area contributed by atoms with Crippen LogP contribution in [0.4, 0.5) is 4.79 Å². The lowest BCUT2D eigenvalue weighted by atomic mass is 10.1. The lowest BCUT2D eigenvalue weighted by Gasteiger charge is -2.23. The minimum absolute atomic E-state index is 0. The van der Waals surface area contributed by atoms with Gasteiger partial charge in [0.1, 0.15) is 11.9 Å². The van der Waals surface area contributed by atoms with Gasteiger partial charge in [0.15, 0.2) is 6.23 Å². The van der Waals surface area contributed by atoms with Crippen molar-refractivity contribution < 1.29 is 60.2 Å². The largest absolute Gasteiger partial charge is 0.513 e. The molecule has 3 unspecified atom stereocenters. The third-order valence-electron chi connectivity index (χ3n) is 8.62. The van der Waals surface area contributed by atoms with Crippen LogP contribution in [0.3, 0.4) is 0 Å². The minimum atomic E-state index is -5.55. The summed E-state index contributed by atoms with van der Waals surface area (Å²) in [5, 5.41) is 0. The van der Waals surface area contributed by atoms with Crippen molar-refractivity contribution in [3.63, 3.8) is 0 Å². The molecule has 2 aromatic rings. The molecule has 0 amide bonds. The third-order valence-corrected chi connectivity index (χ3v) is 13.9. The van der Waals surface area contributed by atoms with E-state index in [0.717, 1.165) is 36.7 Å². The van der Waals surface area contributed by atoms with Crippen LogP contribution in [0.5, 0.6) is 5.75 Å². The zero-order chi connectivity index (χ0) is 41.0. The zero-order valence-electron chi connectivity index (χ0n) is 33.8. The van der Waals surface area contributed by atoms with E-state index < -0.39 is 59.6 Å². The molecule has 19 nitrogen and oxygen atoms in total. The first-order chi connectivity index (χ1) is 26.6. The van der Waals surface area contributed by atoms with Gasteiger partial charge in [-0.1, -0.05) is 109 Å². The maximum atomic E-state index is 13.9. The molecule has 1 aromatic heterocycles. The Morgan fingerprint density at radius 1 is 0.793 bits per heavy atom. The van der Waals surface area contributed by atoms with Crippen LogP contribution in [0.2, 0.25) is 0 Å². The SMILES string of the molecule is CCCCCCCCCCCCCCP(=O)(OCc1ccc(OC(=O)OCCCC)cc1)OP(=O)(O)OP(=O)(O)OC[C@@H]1C=C[C@H](n2cc(C)c(=O)[nH]c2=O)O1.N.N. The van der Waals surface area contributed by atoms with Crippen molar-refractivity contribution in [2.24, 2.45) is 0 Å². The Morgan fingerprint density at radius 2 is 1.38 bits per heavy atom. The molecule has 22 heteroatoms. The van der Waals surface area contributed by atoms with Crippen molar-refractivity contribution >= 4 is 29.4 Å². The summed E-state index contributed by atoms with van der Waals surface area (Å²) in [6, 6.07) is 5.96. The average Bonchev–Trinajstić information content (AvgIpc) is 3.61. The molecule has 1 aliphatic rings. The highest BCUT2D eigenvalue weighted by Gasteiger charge is 2.43. The number of nitrogens with zero attached hydrogens (tertiary/aromatic N) is 1. The van der Waals surface area contributed by atoms with Crippen molar-refractivity contribution in [1.82, 2.24) is 21.9 Å². The number of nitrogens with one attached hydrogen (secondary N) is 1. The first kappa shape index (κ1) is 53.3. The van der Waals surface area contributed by atoms with Gasteiger partial charge in [0.25, 0.3) is 5.56 Å². The molecule has 0 spiro atoms. The number of benzene rings is 1. The normalized spacial score (nSPS) is 17.9. The van der Waals surface area contributed by atoms with Gasteiger partial charge in [-0.15, -0.1) is 0 Å². The first-order valence-corrected chi connectivity index (χ1v) is 23.9.